The molecule has 0 unspecified atom stereocenters. The number of nitrogens with zero attached hydrogens (tertiary/aromatic N) is 2. The van der Waals surface area contributed by atoms with Crippen LogP contribution in [0.1, 0.15) is 69.3 Å². The van der Waals surface area contributed by atoms with Crippen LogP contribution in [0.5, 0.6) is 0 Å². The fourth-order valence-electron chi connectivity index (χ4n) is 8.55. The number of benzene rings is 1. The average molecular weight is 483 g/mol. The quantitative estimate of drug-likeness (QED) is 0.520. The first kappa shape index (κ1) is 20.5. The molecule has 1 aromatic heterocycles. The molecule has 166 valence electrons. The minimum absolute atomic E-state index is 0.0756. The third kappa shape index (κ3) is 2.83. The maximum Gasteiger partial charge on any atom is 0.0666 e. The Morgan fingerprint density at radius 2 is 1.74 bits per heavy atom. The number of aromatic nitrogens is 2. The Labute approximate surface area is 194 Å². The van der Waals surface area contributed by atoms with Crippen molar-refractivity contribution in [2.75, 3.05) is 0 Å². The molecule has 3 fully saturated rings. The van der Waals surface area contributed by atoms with Crippen LogP contribution in [-0.2, 0) is 12.8 Å². The second-order valence-electron chi connectivity index (χ2n) is 11.6. The molecule has 1 aromatic carbocycles. The van der Waals surface area contributed by atoms with E-state index in [0.29, 0.717) is 5.41 Å². The van der Waals surface area contributed by atoms with Crippen LogP contribution in [0, 0.1) is 41.4 Å². The van der Waals surface area contributed by atoms with Crippen LogP contribution < -0.4 is 0 Å². The van der Waals surface area contributed by atoms with Crippen molar-refractivity contribution >= 4 is 15.9 Å². The van der Waals surface area contributed by atoms with Crippen LogP contribution in [-0.4, -0.2) is 21.0 Å². The lowest BCUT2D eigenvalue weighted by molar-refractivity contribution is -0.111. The second-order valence-corrected chi connectivity index (χ2v) is 12.5. The highest BCUT2D eigenvalue weighted by molar-refractivity contribution is 9.10. The van der Waals surface area contributed by atoms with Gasteiger partial charge < -0.3 is 5.11 Å². The lowest BCUT2D eigenvalue weighted by Gasteiger charge is -2.60. The van der Waals surface area contributed by atoms with Gasteiger partial charge in [0.15, 0.2) is 0 Å². The summed E-state index contributed by atoms with van der Waals surface area (Å²) in [6, 6.07) is 8.54. The first-order chi connectivity index (χ1) is 14.8. The summed E-state index contributed by atoms with van der Waals surface area (Å²) in [4.78, 5) is 0. The number of hydrogen-bond acceptors (Lipinski definition) is 2. The summed E-state index contributed by atoms with van der Waals surface area (Å²) < 4.78 is 3.29. The van der Waals surface area contributed by atoms with Gasteiger partial charge in [-0.15, -0.1) is 0 Å². The Hall–Kier alpha value is -1.13. The van der Waals surface area contributed by atoms with Gasteiger partial charge in [-0.25, -0.2) is 4.68 Å². The Kier molecular flexibility index (Phi) is 4.58. The summed E-state index contributed by atoms with van der Waals surface area (Å²) in [5, 5.41) is 15.9. The maximum absolute atomic E-state index is 10.8. The zero-order valence-corrected chi connectivity index (χ0v) is 20.7. The van der Waals surface area contributed by atoms with Crippen molar-refractivity contribution in [3.8, 4) is 5.69 Å². The normalized spacial score (nSPS) is 41.3. The molecule has 31 heavy (non-hydrogen) atoms. The van der Waals surface area contributed by atoms with E-state index in [4.69, 9.17) is 5.10 Å². The van der Waals surface area contributed by atoms with Gasteiger partial charge in [0.1, 0.15) is 0 Å². The Morgan fingerprint density at radius 1 is 1.00 bits per heavy atom. The molecule has 6 rings (SSSR count). The summed E-state index contributed by atoms with van der Waals surface area (Å²) in [6.45, 7) is 7.27. The van der Waals surface area contributed by atoms with Gasteiger partial charge in [-0.1, -0.05) is 29.8 Å². The number of halogens is 1. The molecule has 0 aliphatic heterocycles. The van der Waals surface area contributed by atoms with E-state index in [9.17, 15) is 5.11 Å². The fraction of sp³-hybridized carbons (Fsp3) is 0.667. The van der Waals surface area contributed by atoms with Crippen LogP contribution >= 0.6 is 15.9 Å². The van der Waals surface area contributed by atoms with Crippen LogP contribution in [0.15, 0.2) is 28.7 Å². The van der Waals surface area contributed by atoms with Gasteiger partial charge in [0.25, 0.3) is 0 Å². The summed E-state index contributed by atoms with van der Waals surface area (Å²) in [6.07, 6.45) is 9.73. The zero-order chi connectivity index (χ0) is 21.5. The lowest BCUT2D eigenvalue weighted by atomic mass is 9.45. The SMILES string of the molecule is Cc1c2c(nn1-c1ccc(Br)cc1)C[C@@H]1CC[C@@H]3[C@H](CC[C@]4(C)[C@@H](O)CC[C@@H]34)[C@@]1(C)C2. The molecule has 4 aliphatic rings. The largest absolute Gasteiger partial charge is 0.393 e. The third-order valence-electron chi connectivity index (χ3n) is 10.4. The van der Waals surface area contributed by atoms with E-state index in [0.717, 1.165) is 46.7 Å². The van der Waals surface area contributed by atoms with Crippen LogP contribution in [0.25, 0.3) is 5.69 Å². The van der Waals surface area contributed by atoms with Crippen molar-refractivity contribution in [3.63, 3.8) is 0 Å². The smallest absolute Gasteiger partial charge is 0.0666 e. The molecular weight excluding hydrogens is 448 g/mol. The van der Waals surface area contributed by atoms with Crippen molar-refractivity contribution in [3.05, 3.63) is 45.7 Å². The Balaban J connectivity index is 1.35. The van der Waals surface area contributed by atoms with Crippen LogP contribution in [0.3, 0.4) is 0 Å². The van der Waals surface area contributed by atoms with Crippen molar-refractivity contribution < 1.29 is 5.11 Å². The second kappa shape index (κ2) is 6.93. The first-order valence-corrected chi connectivity index (χ1v) is 13.1. The molecule has 0 saturated heterocycles. The van der Waals surface area contributed by atoms with Crippen molar-refractivity contribution in [2.24, 2.45) is 34.5 Å². The molecule has 4 aliphatic carbocycles. The van der Waals surface area contributed by atoms with E-state index < -0.39 is 0 Å². The standard InChI is InChI=1S/C27H35BrN2O/c1-16-21-15-27(3)17(14-24(21)29-30(16)19-7-5-18(28)6-8-19)4-9-20-22-10-11-25(31)26(22,2)13-12-23(20)27/h5-8,17,20,22-23,25,31H,4,9-15H2,1-3H3/t17-,20-,22-,23-,25-,26-,27-/m0/s1. The van der Waals surface area contributed by atoms with E-state index in [1.807, 2.05) is 0 Å². The van der Waals surface area contributed by atoms with Crippen LogP contribution in [0.2, 0.25) is 0 Å². The summed E-state index contributed by atoms with van der Waals surface area (Å²) in [5.74, 6) is 3.09. The molecule has 3 saturated carbocycles. The summed E-state index contributed by atoms with van der Waals surface area (Å²) in [5.41, 5.74) is 5.90. The minimum atomic E-state index is -0.0756. The minimum Gasteiger partial charge on any atom is -0.393 e. The topological polar surface area (TPSA) is 38.0 Å². The van der Waals surface area contributed by atoms with Gasteiger partial charge in [-0.2, -0.15) is 5.10 Å². The summed E-state index contributed by atoms with van der Waals surface area (Å²) in [7, 11) is 0. The molecule has 0 bridgehead atoms. The third-order valence-corrected chi connectivity index (χ3v) is 10.9. The van der Waals surface area contributed by atoms with E-state index in [2.05, 4.69) is 65.6 Å². The molecule has 1 N–H and O–H groups in total. The lowest BCUT2D eigenvalue weighted by Crippen LogP contribution is -2.54. The van der Waals surface area contributed by atoms with Gasteiger partial charge in [-0.05, 0) is 123 Å². The van der Waals surface area contributed by atoms with Gasteiger partial charge in [-0.3, -0.25) is 0 Å². The number of fused-ring (bicyclic) bond motifs is 6. The van der Waals surface area contributed by atoms with Crippen LogP contribution in [0.4, 0.5) is 0 Å². The zero-order valence-electron chi connectivity index (χ0n) is 19.1. The molecule has 0 spiro atoms. The Morgan fingerprint density at radius 3 is 2.52 bits per heavy atom. The Bertz CT molecular complexity index is 1010. The highest BCUT2D eigenvalue weighted by Gasteiger charge is 2.60. The van der Waals surface area contributed by atoms with E-state index in [1.54, 1.807) is 0 Å². The van der Waals surface area contributed by atoms with Crippen molar-refractivity contribution in [1.82, 2.24) is 9.78 Å². The fourth-order valence-corrected chi connectivity index (χ4v) is 8.82. The average Bonchev–Trinajstić information content (AvgIpc) is 3.23. The van der Waals surface area contributed by atoms with Crippen molar-refractivity contribution in [1.29, 1.82) is 0 Å². The predicted molar refractivity (Wildman–Crippen MR) is 127 cm³/mol. The maximum atomic E-state index is 10.8. The molecule has 1 heterocycles. The predicted octanol–water partition coefficient (Wildman–Crippen LogP) is 6.26. The van der Waals surface area contributed by atoms with Gasteiger partial charge in [0, 0.05) is 10.2 Å². The first-order valence-electron chi connectivity index (χ1n) is 12.3. The molecule has 4 heteroatoms. The van der Waals surface area contributed by atoms with Gasteiger partial charge >= 0.3 is 0 Å². The number of hydrogen-bond donors (Lipinski definition) is 1. The molecule has 2 aromatic rings. The molecular formula is C27H35BrN2O. The van der Waals surface area contributed by atoms with E-state index >= 15 is 0 Å². The summed E-state index contributed by atoms with van der Waals surface area (Å²) >= 11 is 3.56. The number of rotatable bonds is 1. The van der Waals surface area contributed by atoms with E-state index in [1.165, 1.54) is 55.5 Å². The van der Waals surface area contributed by atoms with Gasteiger partial charge in [0.05, 0.1) is 17.5 Å². The molecule has 0 amide bonds. The molecule has 7 atom stereocenters. The van der Waals surface area contributed by atoms with Crippen molar-refractivity contribution in [2.45, 2.75) is 78.2 Å². The monoisotopic (exact) mass is 482 g/mol. The highest BCUT2D eigenvalue weighted by Crippen LogP contribution is 2.65. The molecule has 3 nitrogen and oxygen atoms in total. The number of aliphatic hydroxyl groups is 1. The molecule has 0 radical (unpaired) electrons. The number of aliphatic hydroxyl groups excluding tert-OH is 1. The highest BCUT2D eigenvalue weighted by atomic mass is 79.9. The van der Waals surface area contributed by atoms with Gasteiger partial charge in [0.2, 0.25) is 0 Å². The van der Waals surface area contributed by atoms with E-state index in [-0.39, 0.29) is 11.5 Å².